The summed E-state index contributed by atoms with van der Waals surface area (Å²) in [6, 6.07) is 4.14. The van der Waals surface area contributed by atoms with Gasteiger partial charge in [-0.3, -0.25) is 0 Å². The van der Waals surface area contributed by atoms with E-state index in [1.165, 1.54) is 6.07 Å². The molecular formula is C13H8F6N2. The van der Waals surface area contributed by atoms with Crippen LogP contribution in [0.15, 0.2) is 30.3 Å². The van der Waals surface area contributed by atoms with E-state index >= 15 is 0 Å². The Morgan fingerprint density at radius 3 is 1.95 bits per heavy atom. The highest BCUT2D eigenvalue weighted by atomic mass is 19.4. The number of halogens is 6. The van der Waals surface area contributed by atoms with Gasteiger partial charge < -0.3 is 11.1 Å². The smallest absolute Gasteiger partial charge is 0.398 e. The van der Waals surface area contributed by atoms with Crippen molar-refractivity contribution in [1.82, 2.24) is 0 Å². The number of rotatable bonds is 2. The van der Waals surface area contributed by atoms with Crippen molar-refractivity contribution < 1.29 is 26.3 Å². The van der Waals surface area contributed by atoms with Crippen molar-refractivity contribution in [2.24, 2.45) is 0 Å². The second-order valence-electron chi connectivity index (χ2n) is 4.18. The van der Waals surface area contributed by atoms with Crippen molar-refractivity contribution in [3.63, 3.8) is 0 Å². The van der Waals surface area contributed by atoms with Gasteiger partial charge in [-0.15, -0.1) is 0 Å². The fourth-order valence-corrected chi connectivity index (χ4v) is 1.67. The Balaban J connectivity index is 2.37. The summed E-state index contributed by atoms with van der Waals surface area (Å²) >= 11 is 0. The first-order valence-corrected chi connectivity index (χ1v) is 5.57. The fourth-order valence-electron chi connectivity index (χ4n) is 1.67. The van der Waals surface area contributed by atoms with Gasteiger partial charge in [0.25, 0.3) is 0 Å². The molecule has 0 saturated carbocycles. The minimum absolute atomic E-state index is 0.0954. The summed E-state index contributed by atoms with van der Waals surface area (Å²) in [7, 11) is 0. The number of anilines is 3. The van der Waals surface area contributed by atoms with Gasteiger partial charge in [0.2, 0.25) is 0 Å². The summed E-state index contributed by atoms with van der Waals surface area (Å²) in [5.74, 6) is -4.57. The molecule has 0 aromatic heterocycles. The van der Waals surface area contributed by atoms with Crippen molar-refractivity contribution in [3.8, 4) is 0 Å². The molecule has 112 valence electrons. The highest BCUT2D eigenvalue weighted by molar-refractivity contribution is 5.65. The molecule has 0 saturated heterocycles. The van der Waals surface area contributed by atoms with Crippen molar-refractivity contribution in [1.29, 1.82) is 0 Å². The Labute approximate surface area is 115 Å². The number of nitrogens with one attached hydrogen (secondary N) is 1. The van der Waals surface area contributed by atoms with E-state index in [1.807, 2.05) is 0 Å². The van der Waals surface area contributed by atoms with Gasteiger partial charge in [-0.05, 0) is 18.2 Å². The third-order valence-electron chi connectivity index (χ3n) is 2.63. The Morgan fingerprint density at radius 1 is 0.857 bits per heavy atom. The lowest BCUT2D eigenvalue weighted by molar-refractivity contribution is -0.136. The van der Waals surface area contributed by atoms with Gasteiger partial charge in [-0.1, -0.05) is 0 Å². The first-order chi connectivity index (χ1) is 9.68. The molecule has 2 nitrogen and oxygen atoms in total. The largest absolute Gasteiger partial charge is 0.418 e. The highest BCUT2D eigenvalue weighted by Crippen LogP contribution is 2.35. The van der Waals surface area contributed by atoms with Gasteiger partial charge in [-0.25, -0.2) is 13.2 Å². The van der Waals surface area contributed by atoms with Crippen LogP contribution >= 0.6 is 0 Å². The number of hydrogen-bond donors (Lipinski definition) is 2. The summed E-state index contributed by atoms with van der Waals surface area (Å²) in [6.45, 7) is 0. The molecule has 0 aliphatic carbocycles. The quantitative estimate of drug-likeness (QED) is 0.489. The Bertz CT molecular complexity index is 658. The summed E-state index contributed by atoms with van der Waals surface area (Å²) in [5, 5.41) is 2.35. The predicted octanol–water partition coefficient (Wildman–Crippen LogP) is 4.45. The molecule has 3 N–H and O–H groups in total. The molecule has 0 spiro atoms. The molecule has 0 fully saturated rings. The third-order valence-corrected chi connectivity index (χ3v) is 2.63. The lowest BCUT2D eigenvalue weighted by Gasteiger charge is -2.13. The van der Waals surface area contributed by atoms with Crippen LogP contribution in [-0.2, 0) is 6.18 Å². The zero-order chi connectivity index (χ0) is 15.8. The average Bonchev–Trinajstić information content (AvgIpc) is 2.37. The number of nitrogens with two attached hydrogens (primary N) is 1. The van der Waals surface area contributed by atoms with Crippen LogP contribution in [0.3, 0.4) is 0 Å². The molecule has 0 aliphatic rings. The number of hydrogen-bond acceptors (Lipinski definition) is 2. The predicted molar refractivity (Wildman–Crippen MR) is 65.5 cm³/mol. The summed E-state index contributed by atoms with van der Waals surface area (Å²) in [5.41, 5.74) is 3.32. The fraction of sp³-hybridized carbons (Fsp3) is 0.0769. The number of alkyl halides is 3. The van der Waals surface area contributed by atoms with Gasteiger partial charge in [0.15, 0.2) is 17.5 Å². The van der Waals surface area contributed by atoms with Crippen LogP contribution in [0.25, 0.3) is 0 Å². The molecule has 0 bridgehead atoms. The average molecular weight is 306 g/mol. The van der Waals surface area contributed by atoms with Gasteiger partial charge in [0, 0.05) is 29.2 Å². The molecule has 2 aromatic carbocycles. The Kier molecular flexibility index (Phi) is 3.71. The standard InChI is InChI=1S/C13H8F6N2/c14-9-4-7(5-10(15)12(9)16)21-6-1-2-11(20)8(3-6)13(17,18)19/h1-5,21H,20H2. The van der Waals surface area contributed by atoms with Gasteiger partial charge in [0.05, 0.1) is 5.56 Å². The van der Waals surface area contributed by atoms with Crippen molar-refractivity contribution in [3.05, 3.63) is 53.3 Å². The van der Waals surface area contributed by atoms with E-state index in [9.17, 15) is 26.3 Å². The molecule has 21 heavy (non-hydrogen) atoms. The molecule has 0 unspecified atom stereocenters. The lowest BCUT2D eigenvalue weighted by atomic mass is 10.1. The van der Waals surface area contributed by atoms with E-state index in [0.29, 0.717) is 18.2 Å². The van der Waals surface area contributed by atoms with Crippen LogP contribution in [0, 0.1) is 17.5 Å². The third kappa shape index (κ3) is 3.21. The van der Waals surface area contributed by atoms with Crippen molar-refractivity contribution in [2.45, 2.75) is 6.18 Å². The Hall–Kier alpha value is -2.38. The first kappa shape index (κ1) is 15.0. The Morgan fingerprint density at radius 2 is 1.43 bits per heavy atom. The molecular weight excluding hydrogens is 298 g/mol. The summed E-state index contributed by atoms with van der Waals surface area (Å²) in [4.78, 5) is 0. The van der Waals surface area contributed by atoms with Crippen molar-refractivity contribution >= 4 is 17.1 Å². The number of nitrogen functional groups attached to an aromatic ring is 1. The number of benzene rings is 2. The summed E-state index contributed by atoms with van der Waals surface area (Å²) in [6.07, 6.45) is -4.67. The van der Waals surface area contributed by atoms with Crippen LogP contribution < -0.4 is 11.1 Å². The maximum atomic E-state index is 13.0. The monoisotopic (exact) mass is 306 g/mol. The SMILES string of the molecule is Nc1ccc(Nc2cc(F)c(F)c(F)c2)cc1C(F)(F)F. The molecule has 2 aromatic rings. The highest BCUT2D eigenvalue weighted by Gasteiger charge is 2.33. The van der Waals surface area contributed by atoms with Crippen LogP contribution in [0.2, 0.25) is 0 Å². The molecule has 0 aliphatic heterocycles. The van der Waals surface area contributed by atoms with Crippen LogP contribution in [-0.4, -0.2) is 0 Å². The van der Waals surface area contributed by atoms with E-state index < -0.39 is 34.9 Å². The second kappa shape index (κ2) is 5.19. The summed E-state index contributed by atoms with van der Waals surface area (Å²) < 4.78 is 76.8. The van der Waals surface area contributed by atoms with E-state index in [-0.39, 0.29) is 11.4 Å². The molecule has 2 rings (SSSR count). The molecule has 0 radical (unpaired) electrons. The van der Waals surface area contributed by atoms with Crippen LogP contribution in [0.5, 0.6) is 0 Å². The normalized spacial score (nSPS) is 11.5. The minimum Gasteiger partial charge on any atom is -0.398 e. The maximum Gasteiger partial charge on any atom is 0.418 e. The first-order valence-electron chi connectivity index (χ1n) is 5.57. The van der Waals surface area contributed by atoms with Crippen molar-refractivity contribution in [2.75, 3.05) is 11.1 Å². The molecule has 0 amide bonds. The van der Waals surface area contributed by atoms with E-state index in [2.05, 4.69) is 5.32 Å². The molecule has 0 heterocycles. The topological polar surface area (TPSA) is 38.0 Å². The molecule has 8 heteroatoms. The van der Waals surface area contributed by atoms with Gasteiger partial charge in [-0.2, -0.15) is 13.2 Å². The zero-order valence-corrected chi connectivity index (χ0v) is 10.2. The zero-order valence-electron chi connectivity index (χ0n) is 10.2. The molecule has 0 atom stereocenters. The van der Waals surface area contributed by atoms with Gasteiger partial charge in [0.1, 0.15) is 0 Å². The van der Waals surface area contributed by atoms with E-state index in [1.54, 1.807) is 0 Å². The van der Waals surface area contributed by atoms with E-state index in [4.69, 9.17) is 5.73 Å². The van der Waals surface area contributed by atoms with Crippen LogP contribution in [0.1, 0.15) is 5.56 Å². The maximum absolute atomic E-state index is 13.0. The van der Waals surface area contributed by atoms with Gasteiger partial charge >= 0.3 is 6.18 Å². The second-order valence-corrected chi connectivity index (χ2v) is 4.18. The lowest BCUT2D eigenvalue weighted by Crippen LogP contribution is -2.09. The minimum atomic E-state index is -4.67. The van der Waals surface area contributed by atoms with E-state index in [0.717, 1.165) is 6.07 Å². The van der Waals surface area contributed by atoms with Crippen LogP contribution in [0.4, 0.5) is 43.4 Å².